The van der Waals surface area contributed by atoms with Crippen LogP contribution in [0.25, 0.3) is 5.69 Å². The van der Waals surface area contributed by atoms with Gasteiger partial charge in [-0.1, -0.05) is 30.3 Å². The third kappa shape index (κ3) is 4.26. The van der Waals surface area contributed by atoms with Crippen molar-refractivity contribution >= 4 is 17.5 Å². The molecule has 0 aliphatic heterocycles. The van der Waals surface area contributed by atoms with Crippen LogP contribution in [0.1, 0.15) is 33.7 Å². The summed E-state index contributed by atoms with van der Waals surface area (Å²) in [6.45, 7) is 0.343. The van der Waals surface area contributed by atoms with Crippen molar-refractivity contribution in [2.75, 3.05) is 19.0 Å². The number of anilines is 1. The minimum atomic E-state index is -0.222. The Labute approximate surface area is 175 Å². The molecular weight excluding hydrogens is 380 g/mol. The lowest BCUT2D eigenvalue weighted by atomic mass is 10.1. The Hall–Kier alpha value is -3.45. The van der Waals surface area contributed by atoms with E-state index in [1.165, 1.54) is 7.11 Å². The Morgan fingerprint density at radius 1 is 1.10 bits per heavy atom. The van der Waals surface area contributed by atoms with Crippen LogP contribution in [0.5, 0.6) is 0 Å². The van der Waals surface area contributed by atoms with Gasteiger partial charge in [-0.05, 0) is 49.1 Å². The lowest BCUT2D eigenvalue weighted by Gasteiger charge is -2.08. The van der Waals surface area contributed by atoms with E-state index in [-0.39, 0.29) is 18.4 Å². The Kier molecular flexibility index (Phi) is 5.90. The van der Waals surface area contributed by atoms with Crippen molar-refractivity contribution in [3.05, 3.63) is 77.1 Å². The van der Waals surface area contributed by atoms with Gasteiger partial charge in [0.2, 0.25) is 5.91 Å². The molecule has 1 aromatic heterocycles. The monoisotopic (exact) mass is 404 g/mol. The number of rotatable bonds is 7. The first-order chi connectivity index (χ1) is 14.7. The molecule has 0 spiro atoms. The van der Waals surface area contributed by atoms with Crippen LogP contribution in [-0.4, -0.2) is 35.3 Å². The fraction of sp³-hybridized carbons (Fsp3) is 0.261. The maximum absolute atomic E-state index is 12.9. The lowest BCUT2D eigenvalue weighted by Crippen LogP contribution is -2.24. The number of para-hydroxylation sites is 1. The van der Waals surface area contributed by atoms with Gasteiger partial charge in [-0.3, -0.25) is 9.59 Å². The van der Waals surface area contributed by atoms with E-state index in [0.29, 0.717) is 17.9 Å². The molecule has 2 N–H and O–H groups in total. The predicted octanol–water partition coefficient (Wildman–Crippen LogP) is 2.88. The maximum atomic E-state index is 12.9. The number of ether oxygens (including phenoxy) is 1. The van der Waals surface area contributed by atoms with Crippen LogP contribution in [-0.2, 0) is 28.9 Å². The average molecular weight is 404 g/mol. The van der Waals surface area contributed by atoms with Gasteiger partial charge in [-0.2, -0.15) is 5.10 Å². The summed E-state index contributed by atoms with van der Waals surface area (Å²) in [6.07, 6.45) is 2.82. The minimum Gasteiger partial charge on any atom is -0.375 e. The van der Waals surface area contributed by atoms with Crippen LogP contribution in [0, 0.1) is 0 Å². The van der Waals surface area contributed by atoms with Gasteiger partial charge >= 0.3 is 0 Å². The SMILES string of the molecule is COCC(=O)Nc1cccc(CNC(=O)c2nn(-c3ccccc3)c3c2CCC3)c1. The van der Waals surface area contributed by atoms with Gasteiger partial charge in [0.15, 0.2) is 5.69 Å². The van der Waals surface area contributed by atoms with Crippen LogP contribution < -0.4 is 10.6 Å². The highest BCUT2D eigenvalue weighted by atomic mass is 16.5. The Morgan fingerprint density at radius 3 is 2.73 bits per heavy atom. The first-order valence-corrected chi connectivity index (χ1v) is 9.98. The summed E-state index contributed by atoms with van der Waals surface area (Å²) < 4.78 is 6.72. The number of aromatic nitrogens is 2. The smallest absolute Gasteiger partial charge is 0.272 e. The summed E-state index contributed by atoms with van der Waals surface area (Å²) in [5.74, 6) is -0.405. The van der Waals surface area contributed by atoms with Crippen molar-refractivity contribution in [1.82, 2.24) is 15.1 Å². The summed E-state index contributed by atoms with van der Waals surface area (Å²) in [4.78, 5) is 24.6. The molecule has 30 heavy (non-hydrogen) atoms. The van der Waals surface area contributed by atoms with Gasteiger partial charge in [0.1, 0.15) is 6.61 Å². The molecule has 4 rings (SSSR count). The Morgan fingerprint density at radius 2 is 1.93 bits per heavy atom. The fourth-order valence-electron chi connectivity index (χ4n) is 3.76. The number of fused-ring (bicyclic) bond motifs is 1. The zero-order valence-corrected chi connectivity index (χ0v) is 16.9. The molecule has 0 saturated carbocycles. The lowest BCUT2D eigenvalue weighted by molar-refractivity contribution is -0.119. The Bertz CT molecular complexity index is 1060. The topological polar surface area (TPSA) is 85.2 Å². The third-order valence-electron chi connectivity index (χ3n) is 5.09. The minimum absolute atomic E-state index is 0.00382. The molecule has 154 valence electrons. The number of nitrogens with zero attached hydrogens (tertiary/aromatic N) is 2. The second-order valence-electron chi connectivity index (χ2n) is 7.24. The van der Waals surface area contributed by atoms with Gasteiger partial charge in [0.25, 0.3) is 5.91 Å². The van der Waals surface area contributed by atoms with Gasteiger partial charge in [-0.15, -0.1) is 0 Å². The van der Waals surface area contributed by atoms with E-state index < -0.39 is 0 Å². The highest BCUT2D eigenvalue weighted by molar-refractivity contribution is 5.94. The molecule has 0 atom stereocenters. The van der Waals surface area contributed by atoms with Crippen molar-refractivity contribution in [2.45, 2.75) is 25.8 Å². The van der Waals surface area contributed by atoms with E-state index in [1.54, 1.807) is 6.07 Å². The molecule has 2 amide bonds. The van der Waals surface area contributed by atoms with Crippen LogP contribution in [0.2, 0.25) is 0 Å². The standard InChI is InChI=1S/C23H24N4O3/c1-30-15-21(28)25-17-8-5-7-16(13-17)14-24-23(29)22-19-11-6-12-20(19)27(26-22)18-9-3-2-4-10-18/h2-5,7-10,13H,6,11-12,14-15H2,1H3,(H,24,29)(H,25,28). The number of hydrogen-bond acceptors (Lipinski definition) is 4. The summed E-state index contributed by atoms with van der Waals surface area (Å²) >= 11 is 0. The number of carbonyl (C=O) groups excluding carboxylic acids is 2. The predicted molar refractivity (Wildman–Crippen MR) is 114 cm³/mol. The molecule has 1 heterocycles. The van der Waals surface area contributed by atoms with Crippen LogP contribution in [0.3, 0.4) is 0 Å². The number of methoxy groups -OCH3 is 1. The second kappa shape index (κ2) is 8.92. The van der Waals surface area contributed by atoms with E-state index >= 15 is 0 Å². The van der Waals surface area contributed by atoms with Gasteiger partial charge in [0.05, 0.1) is 5.69 Å². The van der Waals surface area contributed by atoms with Crippen LogP contribution in [0.4, 0.5) is 5.69 Å². The molecule has 2 aromatic carbocycles. The normalized spacial score (nSPS) is 12.4. The first kappa shape index (κ1) is 19.8. The maximum Gasteiger partial charge on any atom is 0.272 e. The van der Waals surface area contributed by atoms with Gasteiger partial charge in [-0.25, -0.2) is 4.68 Å². The second-order valence-corrected chi connectivity index (χ2v) is 7.24. The van der Waals surface area contributed by atoms with Crippen molar-refractivity contribution in [3.63, 3.8) is 0 Å². The Balaban J connectivity index is 1.47. The van der Waals surface area contributed by atoms with Crippen LogP contribution >= 0.6 is 0 Å². The summed E-state index contributed by atoms with van der Waals surface area (Å²) in [7, 11) is 1.47. The van der Waals surface area contributed by atoms with Crippen molar-refractivity contribution in [2.24, 2.45) is 0 Å². The molecule has 0 unspecified atom stereocenters. The molecule has 7 nitrogen and oxygen atoms in total. The average Bonchev–Trinajstić information content (AvgIpc) is 3.36. The highest BCUT2D eigenvalue weighted by Crippen LogP contribution is 2.27. The van der Waals surface area contributed by atoms with Crippen LogP contribution in [0.15, 0.2) is 54.6 Å². The number of hydrogen-bond donors (Lipinski definition) is 2. The van der Waals surface area contributed by atoms with Gasteiger partial charge in [0, 0.05) is 30.6 Å². The summed E-state index contributed by atoms with van der Waals surface area (Å²) in [5, 5.41) is 10.4. The fourth-order valence-corrected chi connectivity index (χ4v) is 3.76. The van der Waals surface area contributed by atoms with E-state index in [9.17, 15) is 9.59 Å². The zero-order chi connectivity index (χ0) is 20.9. The molecule has 7 heteroatoms. The van der Waals surface area contributed by atoms with Crippen molar-refractivity contribution in [1.29, 1.82) is 0 Å². The first-order valence-electron chi connectivity index (χ1n) is 9.98. The molecular formula is C23H24N4O3. The van der Waals surface area contributed by atoms with Crippen molar-refractivity contribution in [3.8, 4) is 5.69 Å². The number of nitrogens with one attached hydrogen (secondary N) is 2. The molecule has 0 radical (unpaired) electrons. The molecule has 3 aromatic rings. The van der Waals surface area contributed by atoms with Crippen molar-refractivity contribution < 1.29 is 14.3 Å². The molecule has 0 bridgehead atoms. The quantitative estimate of drug-likeness (QED) is 0.634. The van der Waals surface area contributed by atoms with Gasteiger partial charge < -0.3 is 15.4 Å². The van der Waals surface area contributed by atoms with E-state index in [1.807, 2.05) is 53.2 Å². The summed E-state index contributed by atoms with van der Waals surface area (Å²) in [5.41, 5.74) is 5.17. The molecule has 0 fully saturated rings. The summed E-state index contributed by atoms with van der Waals surface area (Å²) in [6, 6.07) is 17.3. The third-order valence-corrected chi connectivity index (χ3v) is 5.09. The number of carbonyl (C=O) groups is 2. The number of amides is 2. The number of benzene rings is 2. The molecule has 1 aliphatic rings. The van der Waals surface area contributed by atoms with E-state index in [2.05, 4.69) is 15.7 Å². The zero-order valence-electron chi connectivity index (χ0n) is 16.9. The highest BCUT2D eigenvalue weighted by Gasteiger charge is 2.26. The molecule has 0 saturated heterocycles. The van der Waals surface area contributed by atoms with E-state index in [0.717, 1.165) is 41.8 Å². The van der Waals surface area contributed by atoms with E-state index in [4.69, 9.17) is 4.74 Å². The largest absolute Gasteiger partial charge is 0.375 e. The molecule has 1 aliphatic carbocycles.